The summed E-state index contributed by atoms with van der Waals surface area (Å²) in [6, 6.07) is 14.0. The SMILES string of the molecule is C=CCNC(=O)C1(N(C(=O)c2ccncc2)C2CCCCC2)CCN(Cc2ccccc2)CC1. The summed E-state index contributed by atoms with van der Waals surface area (Å²) in [4.78, 5) is 36.2. The molecule has 1 aromatic heterocycles. The molecule has 34 heavy (non-hydrogen) atoms. The van der Waals surface area contributed by atoms with E-state index in [0.717, 1.165) is 45.3 Å². The van der Waals surface area contributed by atoms with Gasteiger partial charge in [0.1, 0.15) is 5.54 Å². The Labute approximate surface area is 203 Å². The van der Waals surface area contributed by atoms with Gasteiger partial charge in [-0.25, -0.2) is 0 Å². The molecule has 1 saturated heterocycles. The van der Waals surface area contributed by atoms with Gasteiger partial charge >= 0.3 is 0 Å². The van der Waals surface area contributed by atoms with E-state index in [0.29, 0.717) is 24.9 Å². The lowest BCUT2D eigenvalue weighted by Gasteiger charge is -2.51. The van der Waals surface area contributed by atoms with Gasteiger partial charge in [-0.2, -0.15) is 0 Å². The van der Waals surface area contributed by atoms with Crippen molar-refractivity contribution in [2.45, 2.75) is 63.1 Å². The van der Waals surface area contributed by atoms with Crippen LogP contribution in [0.1, 0.15) is 60.9 Å². The number of hydrogen-bond donors (Lipinski definition) is 1. The number of nitrogens with one attached hydrogen (secondary N) is 1. The van der Waals surface area contributed by atoms with E-state index in [4.69, 9.17) is 0 Å². The zero-order valence-electron chi connectivity index (χ0n) is 20.0. The Morgan fingerprint density at radius 1 is 1.06 bits per heavy atom. The molecule has 0 unspecified atom stereocenters. The number of amides is 2. The molecule has 2 amide bonds. The van der Waals surface area contributed by atoms with E-state index in [1.54, 1.807) is 30.6 Å². The predicted octanol–water partition coefficient (Wildman–Crippen LogP) is 4.19. The number of benzene rings is 1. The minimum absolute atomic E-state index is 0.0558. The molecule has 0 radical (unpaired) electrons. The van der Waals surface area contributed by atoms with Crippen LogP contribution in [-0.2, 0) is 11.3 Å². The Morgan fingerprint density at radius 3 is 2.38 bits per heavy atom. The van der Waals surface area contributed by atoms with Gasteiger partial charge in [-0.15, -0.1) is 6.58 Å². The summed E-state index contributed by atoms with van der Waals surface area (Å²) in [6.07, 6.45) is 11.5. The maximum Gasteiger partial charge on any atom is 0.255 e. The summed E-state index contributed by atoms with van der Waals surface area (Å²) in [6.45, 7) is 6.55. The first-order valence-corrected chi connectivity index (χ1v) is 12.5. The van der Waals surface area contributed by atoms with E-state index in [2.05, 4.69) is 46.0 Å². The molecule has 2 fully saturated rings. The second kappa shape index (κ2) is 11.4. The minimum Gasteiger partial charge on any atom is -0.351 e. The minimum atomic E-state index is -0.863. The molecule has 0 bridgehead atoms. The monoisotopic (exact) mass is 460 g/mol. The van der Waals surface area contributed by atoms with Crippen LogP contribution in [0.5, 0.6) is 0 Å². The molecular formula is C28H36N4O2. The molecule has 4 rings (SSSR count). The molecule has 180 valence electrons. The second-order valence-corrected chi connectivity index (χ2v) is 9.49. The average Bonchev–Trinajstić information content (AvgIpc) is 2.90. The van der Waals surface area contributed by atoms with Crippen molar-refractivity contribution in [3.63, 3.8) is 0 Å². The Kier molecular flexibility index (Phi) is 8.12. The van der Waals surface area contributed by atoms with Crippen molar-refractivity contribution in [3.05, 3.63) is 78.6 Å². The molecular weight excluding hydrogens is 424 g/mol. The van der Waals surface area contributed by atoms with E-state index in [1.165, 1.54) is 12.0 Å². The second-order valence-electron chi connectivity index (χ2n) is 9.49. The molecule has 1 saturated carbocycles. The first-order chi connectivity index (χ1) is 16.6. The molecule has 0 atom stereocenters. The lowest BCUT2D eigenvalue weighted by molar-refractivity contribution is -0.137. The number of carbonyl (C=O) groups is 2. The summed E-state index contributed by atoms with van der Waals surface area (Å²) in [5.41, 5.74) is 1.00. The Morgan fingerprint density at radius 2 is 1.74 bits per heavy atom. The van der Waals surface area contributed by atoms with Crippen LogP contribution in [0.2, 0.25) is 0 Å². The molecule has 2 aromatic rings. The van der Waals surface area contributed by atoms with Crippen molar-refractivity contribution in [3.8, 4) is 0 Å². The number of carbonyl (C=O) groups excluding carboxylic acids is 2. The number of hydrogen-bond acceptors (Lipinski definition) is 4. The highest BCUT2D eigenvalue weighted by Crippen LogP contribution is 2.37. The smallest absolute Gasteiger partial charge is 0.255 e. The lowest BCUT2D eigenvalue weighted by Crippen LogP contribution is -2.67. The quantitative estimate of drug-likeness (QED) is 0.600. The third-order valence-corrected chi connectivity index (χ3v) is 7.31. The van der Waals surface area contributed by atoms with Gasteiger partial charge in [-0.3, -0.25) is 19.5 Å². The summed E-state index contributed by atoms with van der Waals surface area (Å²) in [7, 11) is 0. The molecule has 1 aliphatic heterocycles. The van der Waals surface area contributed by atoms with Crippen LogP contribution in [0.15, 0.2) is 67.5 Å². The zero-order chi connectivity index (χ0) is 23.8. The van der Waals surface area contributed by atoms with Gasteiger partial charge in [0.25, 0.3) is 5.91 Å². The third-order valence-electron chi connectivity index (χ3n) is 7.31. The standard InChI is InChI=1S/C28H36N4O2/c1-2-17-30-27(34)28(15-20-31(21-16-28)22-23-9-5-3-6-10-23)32(25-11-7-4-8-12-25)26(33)24-13-18-29-19-14-24/h2-3,5-6,9-10,13-14,18-19,25H,1,4,7-8,11-12,15-17,20-22H2,(H,30,34). The average molecular weight is 461 g/mol. The maximum absolute atomic E-state index is 14.0. The predicted molar refractivity (Wildman–Crippen MR) is 134 cm³/mol. The fourth-order valence-electron chi connectivity index (χ4n) is 5.51. The topological polar surface area (TPSA) is 65.5 Å². The van der Waals surface area contributed by atoms with E-state index in [1.807, 2.05) is 11.0 Å². The van der Waals surface area contributed by atoms with Gasteiger partial charge in [-0.05, 0) is 43.4 Å². The number of aromatic nitrogens is 1. The van der Waals surface area contributed by atoms with Crippen molar-refractivity contribution in [1.82, 2.24) is 20.1 Å². The highest BCUT2D eigenvalue weighted by Gasteiger charge is 2.50. The zero-order valence-corrected chi connectivity index (χ0v) is 20.0. The van der Waals surface area contributed by atoms with Gasteiger partial charge in [0.15, 0.2) is 0 Å². The van der Waals surface area contributed by atoms with E-state index in [9.17, 15) is 9.59 Å². The first-order valence-electron chi connectivity index (χ1n) is 12.5. The van der Waals surface area contributed by atoms with Crippen molar-refractivity contribution in [2.75, 3.05) is 19.6 Å². The van der Waals surface area contributed by atoms with Crippen molar-refractivity contribution in [2.24, 2.45) is 0 Å². The summed E-state index contributed by atoms with van der Waals surface area (Å²) >= 11 is 0. The number of pyridine rings is 1. The molecule has 1 N–H and O–H groups in total. The van der Waals surface area contributed by atoms with E-state index < -0.39 is 5.54 Å². The van der Waals surface area contributed by atoms with E-state index in [-0.39, 0.29) is 17.9 Å². The van der Waals surface area contributed by atoms with Gasteiger partial charge in [0.2, 0.25) is 5.91 Å². The summed E-state index contributed by atoms with van der Waals surface area (Å²) < 4.78 is 0. The van der Waals surface area contributed by atoms with Crippen LogP contribution in [0.4, 0.5) is 0 Å². The Bertz CT molecular complexity index is 949. The van der Waals surface area contributed by atoms with Crippen LogP contribution in [0.25, 0.3) is 0 Å². The first kappa shape index (κ1) is 24.1. The highest BCUT2D eigenvalue weighted by molar-refractivity contribution is 5.99. The van der Waals surface area contributed by atoms with Crippen LogP contribution in [0.3, 0.4) is 0 Å². The maximum atomic E-state index is 14.0. The molecule has 6 nitrogen and oxygen atoms in total. The Balaban J connectivity index is 1.64. The van der Waals surface area contributed by atoms with Crippen molar-refractivity contribution in [1.29, 1.82) is 0 Å². The molecule has 6 heteroatoms. The molecule has 2 aliphatic rings. The van der Waals surface area contributed by atoms with Crippen LogP contribution in [0, 0.1) is 0 Å². The normalized spacial score (nSPS) is 18.7. The number of piperidine rings is 1. The molecule has 1 aromatic carbocycles. The van der Waals surface area contributed by atoms with Gasteiger partial charge in [0, 0.05) is 50.2 Å². The van der Waals surface area contributed by atoms with Gasteiger partial charge in [0.05, 0.1) is 0 Å². The number of rotatable bonds is 8. The van der Waals surface area contributed by atoms with Crippen molar-refractivity contribution < 1.29 is 9.59 Å². The summed E-state index contributed by atoms with van der Waals surface area (Å²) in [5, 5.41) is 3.05. The largest absolute Gasteiger partial charge is 0.351 e. The fraction of sp³-hybridized carbons (Fsp3) is 0.464. The summed E-state index contributed by atoms with van der Waals surface area (Å²) in [5.74, 6) is -0.112. The van der Waals surface area contributed by atoms with Crippen LogP contribution in [-0.4, -0.2) is 57.8 Å². The number of nitrogens with zero attached hydrogens (tertiary/aromatic N) is 3. The highest BCUT2D eigenvalue weighted by atomic mass is 16.2. The van der Waals surface area contributed by atoms with E-state index >= 15 is 0 Å². The molecule has 0 spiro atoms. The van der Waals surface area contributed by atoms with Gasteiger partial charge in [-0.1, -0.05) is 55.7 Å². The third kappa shape index (κ3) is 5.39. The lowest BCUT2D eigenvalue weighted by atomic mass is 9.80. The van der Waals surface area contributed by atoms with Gasteiger partial charge < -0.3 is 10.2 Å². The fourth-order valence-corrected chi connectivity index (χ4v) is 5.51. The van der Waals surface area contributed by atoms with Crippen molar-refractivity contribution >= 4 is 11.8 Å². The molecule has 2 heterocycles. The Hall–Kier alpha value is -2.99. The van der Waals surface area contributed by atoms with Crippen LogP contribution >= 0.6 is 0 Å². The molecule has 1 aliphatic carbocycles. The van der Waals surface area contributed by atoms with Crippen LogP contribution < -0.4 is 5.32 Å². The number of likely N-dealkylation sites (tertiary alicyclic amines) is 1.